The lowest BCUT2D eigenvalue weighted by molar-refractivity contribution is -0.204. The fraction of sp³-hybridized carbons (Fsp3) is 0.594. The van der Waals surface area contributed by atoms with E-state index in [4.69, 9.17) is 33.2 Å². The predicted octanol–water partition coefficient (Wildman–Crippen LogP) is 5.21. The first-order chi connectivity index (χ1) is 19.7. The monoisotopic (exact) mass is 568 g/mol. The van der Waals surface area contributed by atoms with Gasteiger partial charge >= 0.3 is 5.97 Å². The molecule has 2 aromatic rings. The summed E-state index contributed by atoms with van der Waals surface area (Å²) in [5.41, 5.74) is 2.20. The molecule has 0 amide bonds. The first-order valence-electron chi connectivity index (χ1n) is 14.5. The number of methoxy groups -OCH3 is 3. The maximum Gasteiger partial charge on any atom is 0.312 e. The normalized spacial score (nSPS) is 31.9. The van der Waals surface area contributed by atoms with Crippen molar-refractivity contribution in [2.24, 2.45) is 29.6 Å². The van der Waals surface area contributed by atoms with Crippen molar-refractivity contribution in [3.05, 3.63) is 41.0 Å². The molecular weight excluding hydrogens is 528 g/mol. The number of rotatable bonds is 7. The lowest BCUT2D eigenvalue weighted by Gasteiger charge is -2.41. The third-order valence-corrected chi connectivity index (χ3v) is 9.51. The van der Waals surface area contributed by atoms with E-state index < -0.39 is 36.1 Å². The minimum Gasteiger partial charge on any atom is -0.493 e. The van der Waals surface area contributed by atoms with Gasteiger partial charge in [0.2, 0.25) is 18.8 Å². The molecule has 2 aromatic carbocycles. The molecule has 0 spiro atoms. The van der Waals surface area contributed by atoms with Crippen molar-refractivity contribution in [2.45, 2.75) is 64.4 Å². The van der Waals surface area contributed by atoms with Crippen molar-refractivity contribution >= 4 is 5.97 Å². The van der Waals surface area contributed by atoms with Gasteiger partial charge in [-0.05, 0) is 71.6 Å². The SMILES string of the molecule is COc1cc([C@H]2c3cc4c(cc3[C@H](O)[C@H]3[C@H](O[C@@H]5C[C@H](C)CC[C@H]5C(C)C)OC(=O)[C@@H]23)OCO4)cc(OC)c1OC. The topological polar surface area (TPSA) is 102 Å². The Bertz CT molecular complexity index is 1280. The van der Waals surface area contributed by atoms with Crippen LogP contribution in [0.25, 0.3) is 0 Å². The Labute approximate surface area is 241 Å². The molecule has 2 aliphatic carbocycles. The van der Waals surface area contributed by atoms with Gasteiger partial charge in [0.25, 0.3) is 0 Å². The van der Waals surface area contributed by atoms with Gasteiger partial charge in [-0.15, -0.1) is 0 Å². The number of esters is 1. The molecule has 1 saturated heterocycles. The van der Waals surface area contributed by atoms with Gasteiger partial charge in [0.1, 0.15) is 0 Å². The Kier molecular flexibility index (Phi) is 7.44. The Balaban J connectivity index is 1.46. The molecule has 0 radical (unpaired) electrons. The van der Waals surface area contributed by atoms with Crippen LogP contribution in [0, 0.1) is 29.6 Å². The van der Waals surface area contributed by atoms with Crippen LogP contribution in [-0.2, 0) is 14.3 Å². The molecule has 0 aromatic heterocycles. The van der Waals surface area contributed by atoms with Gasteiger partial charge in [-0.3, -0.25) is 4.79 Å². The van der Waals surface area contributed by atoms with Gasteiger partial charge in [0, 0.05) is 5.92 Å². The van der Waals surface area contributed by atoms with E-state index in [1.54, 1.807) is 21.3 Å². The van der Waals surface area contributed by atoms with E-state index in [0.29, 0.717) is 52.1 Å². The van der Waals surface area contributed by atoms with E-state index >= 15 is 0 Å². The molecule has 9 nitrogen and oxygen atoms in total. The first-order valence-corrected chi connectivity index (χ1v) is 14.5. The molecule has 1 N–H and O–H groups in total. The summed E-state index contributed by atoms with van der Waals surface area (Å²) in [6.45, 7) is 6.77. The van der Waals surface area contributed by atoms with E-state index in [0.717, 1.165) is 30.4 Å². The lowest BCUT2D eigenvalue weighted by Crippen LogP contribution is -2.42. The Morgan fingerprint density at radius 1 is 0.927 bits per heavy atom. The zero-order valence-corrected chi connectivity index (χ0v) is 24.5. The molecule has 2 aliphatic heterocycles. The number of cyclic esters (lactones) is 1. The summed E-state index contributed by atoms with van der Waals surface area (Å²) in [6.07, 6.45) is 1.20. The average Bonchev–Trinajstić information content (AvgIpc) is 3.55. The van der Waals surface area contributed by atoms with Crippen molar-refractivity contribution in [3.63, 3.8) is 0 Å². The van der Waals surface area contributed by atoms with Crippen LogP contribution in [0.15, 0.2) is 24.3 Å². The van der Waals surface area contributed by atoms with Gasteiger partial charge < -0.3 is 38.3 Å². The number of hydrogen-bond acceptors (Lipinski definition) is 9. The summed E-state index contributed by atoms with van der Waals surface area (Å²) in [5.74, 6) is 1.64. The Hall–Kier alpha value is -3.17. The molecule has 0 unspecified atom stereocenters. The number of fused-ring (bicyclic) bond motifs is 3. The predicted molar refractivity (Wildman–Crippen MR) is 149 cm³/mol. The number of ether oxygens (including phenoxy) is 7. The molecule has 41 heavy (non-hydrogen) atoms. The summed E-state index contributed by atoms with van der Waals surface area (Å²) >= 11 is 0. The van der Waals surface area contributed by atoms with Gasteiger partial charge in [-0.2, -0.15) is 0 Å². The summed E-state index contributed by atoms with van der Waals surface area (Å²) in [7, 11) is 4.67. The van der Waals surface area contributed by atoms with Crippen LogP contribution in [0.2, 0.25) is 0 Å². The Morgan fingerprint density at radius 2 is 1.59 bits per heavy atom. The zero-order chi connectivity index (χ0) is 29.0. The molecule has 2 fully saturated rings. The first kappa shape index (κ1) is 28.0. The summed E-state index contributed by atoms with van der Waals surface area (Å²) in [5, 5.41) is 11.9. The molecule has 222 valence electrons. The van der Waals surface area contributed by atoms with Crippen molar-refractivity contribution in [2.75, 3.05) is 28.1 Å². The van der Waals surface area contributed by atoms with E-state index in [9.17, 15) is 9.90 Å². The van der Waals surface area contributed by atoms with Gasteiger partial charge in [-0.25, -0.2) is 0 Å². The second-order valence-corrected chi connectivity index (χ2v) is 12.1. The van der Waals surface area contributed by atoms with Crippen molar-refractivity contribution in [1.82, 2.24) is 0 Å². The van der Waals surface area contributed by atoms with Gasteiger partial charge in [0.15, 0.2) is 23.0 Å². The summed E-state index contributed by atoms with van der Waals surface area (Å²) in [6, 6.07) is 7.40. The maximum atomic E-state index is 13.8. The lowest BCUT2D eigenvalue weighted by atomic mass is 9.65. The smallest absolute Gasteiger partial charge is 0.312 e. The summed E-state index contributed by atoms with van der Waals surface area (Å²) < 4.78 is 41.0. The highest BCUT2D eigenvalue weighted by Crippen LogP contribution is 2.57. The average molecular weight is 569 g/mol. The van der Waals surface area contributed by atoms with Crippen molar-refractivity contribution in [1.29, 1.82) is 0 Å². The van der Waals surface area contributed by atoms with Crippen LogP contribution in [0.1, 0.15) is 68.7 Å². The van der Waals surface area contributed by atoms with Crippen LogP contribution < -0.4 is 23.7 Å². The molecule has 2 heterocycles. The van der Waals surface area contributed by atoms with Crippen molar-refractivity contribution < 1.29 is 43.1 Å². The number of hydrogen-bond donors (Lipinski definition) is 1. The van der Waals surface area contributed by atoms with E-state index in [1.807, 2.05) is 24.3 Å². The molecule has 9 heteroatoms. The third-order valence-electron chi connectivity index (χ3n) is 9.51. The maximum absolute atomic E-state index is 13.8. The standard InChI is InChI=1S/C32H40O9/c1-15(2)18-8-7-16(3)9-21(18)40-32-28-27(31(34)41-32)26(17-10-24(35-4)30(37-6)25(11-17)36-5)19-12-22-23(39-14-38-22)13-20(19)29(28)33/h10-13,15-16,18,21,26-29,32-33H,7-9,14H2,1-6H3/t16-,18+,21-,26+,27+,28+,29+,32-/m1/s1. The number of carbonyl (C=O) groups excluding carboxylic acids is 1. The fourth-order valence-electron chi connectivity index (χ4n) is 7.43. The van der Waals surface area contributed by atoms with Crippen LogP contribution in [-0.4, -0.2) is 51.6 Å². The fourth-order valence-corrected chi connectivity index (χ4v) is 7.43. The summed E-state index contributed by atoms with van der Waals surface area (Å²) in [4.78, 5) is 13.8. The Morgan fingerprint density at radius 3 is 2.20 bits per heavy atom. The number of aliphatic hydroxyl groups is 1. The number of benzene rings is 2. The van der Waals surface area contributed by atoms with Crippen LogP contribution in [0.4, 0.5) is 0 Å². The molecule has 6 rings (SSSR count). The third kappa shape index (κ3) is 4.67. The number of aliphatic hydroxyl groups excluding tert-OH is 1. The molecule has 8 atom stereocenters. The zero-order valence-electron chi connectivity index (χ0n) is 24.5. The largest absolute Gasteiger partial charge is 0.493 e. The second kappa shape index (κ2) is 10.9. The van der Waals surface area contributed by atoms with Gasteiger partial charge in [-0.1, -0.05) is 27.2 Å². The minimum absolute atomic E-state index is 0.0553. The van der Waals surface area contributed by atoms with Gasteiger partial charge in [0.05, 0.1) is 45.4 Å². The van der Waals surface area contributed by atoms with E-state index in [-0.39, 0.29) is 12.9 Å². The second-order valence-electron chi connectivity index (χ2n) is 12.1. The minimum atomic E-state index is -1.00. The van der Waals surface area contributed by atoms with Crippen molar-refractivity contribution in [3.8, 4) is 28.7 Å². The van der Waals surface area contributed by atoms with E-state index in [1.165, 1.54) is 0 Å². The molecule has 1 saturated carbocycles. The molecule has 0 bridgehead atoms. The quantitative estimate of drug-likeness (QED) is 0.451. The highest BCUT2D eigenvalue weighted by Gasteiger charge is 2.58. The highest BCUT2D eigenvalue weighted by molar-refractivity contribution is 5.79. The van der Waals surface area contributed by atoms with Crippen LogP contribution in [0.3, 0.4) is 0 Å². The van der Waals surface area contributed by atoms with E-state index in [2.05, 4.69) is 20.8 Å². The molecular formula is C32H40O9. The van der Waals surface area contributed by atoms with Crippen LogP contribution in [0.5, 0.6) is 28.7 Å². The number of carbonyl (C=O) groups is 1. The molecule has 4 aliphatic rings. The highest BCUT2D eigenvalue weighted by atomic mass is 16.7. The van der Waals surface area contributed by atoms with Crippen LogP contribution >= 0.6 is 0 Å².